The third kappa shape index (κ3) is 7.69. The van der Waals surface area contributed by atoms with Crippen molar-refractivity contribution in [3.63, 3.8) is 0 Å². The molecular formula is C18H19IN4O5S. The van der Waals surface area contributed by atoms with Gasteiger partial charge in [0.25, 0.3) is 11.8 Å². The highest BCUT2D eigenvalue weighted by Gasteiger charge is 2.20. The highest BCUT2D eigenvalue weighted by Crippen LogP contribution is 2.18. The van der Waals surface area contributed by atoms with Gasteiger partial charge in [0.2, 0.25) is 10.0 Å². The van der Waals surface area contributed by atoms with Gasteiger partial charge in [0.05, 0.1) is 18.2 Å². The molecule has 0 heterocycles. The molecule has 0 aliphatic carbocycles. The maximum absolute atomic E-state index is 12.1. The Hall–Kier alpha value is -2.67. The van der Waals surface area contributed by atoms with Crippen molar-refractivity contribution in [1.29, 1.82) is 0 Å². The van der Waals surface area contributed by atoms with Gasteiger partial charge < -0.3 is 10.5 Å². The van der Waals surface area contributed by atoms with Gasteiger partial charge in [-0.2, -0.15) is 5.10 Å². The van der Waals surface area contributed by atoms with Gasteiger partial charge in [-0.05, 0) is 76.7 Å². The third-order valence-corrected chi connectivity index (χ3v) is 5.33. The second kappa shape index (κ2) is 10.2. The molecule has 0 bridgehead atoms. The number of carbonyl (C=O) groups is 2. The van der Waals surface area contributed by atoms with E-state index >= 15 is 0 Å². The standard InChI is InChI=1S/C18H19IN4O5S/c1-29(26,27)23(15-6-4-14(19)5-7-15)11-18(25)22-21-10-13-2-8-16(9-3-13)28-12-17(20)24/h2-10H,11-12H2,1H3,(H2,20,24)(H,22,25)/b21-10-. The zero-order valence-electron chi connectivity index (χ0n) is 15.4. The molecule has 0 aliphatic rings. The number of halogens is 1. The summed E-state index contributed by atoms with van der Waals surface area (Å²) in [5.74, 6) is -0.704. The zero-order chi connectivity index (χ0) is 21.4. The normalized spacial score (nSPS) is 11.2. The molecule has 0 saturated heterocycles. The summed E-state index contributed by atoms with van der Waals surface area (Å²) >= 11 is 2.10. The van der Waals surface area contributed by atoms with Crippen molar-refractivity contribution < 1.29 is 22.7 Å². The van der Waals surface area contributed by atoms with E-state index in [2.05, 4.69) is 33.1 Å². The van der Waals surface area contributed by atoms with Crippen molar-refractivity contribution in [2.45, 2.75) is 0 Å². The lowest BCUT2D eigenvalue weighted by Gasteiger charge is -2.21. The van der Waals surface area contributed by atoms with Crippen LogP contribution in [0.4, 0.5) is 5.69 Å². The van der Waals surface area contributed by atoms with Crippen LogP contribution in [0.5, 0.6) is 5.75 Å². The first-order chi connectivity index (χ1) is 13.6. The maximum Gasteiger partial charge on any atom is 0.260 e. The van der Waals surface area contributed by atoms with Gasteiger partial charge >= 0.3 is 0 Å². The number of nitrogens with two attached hydrogens (primary N) is 1. The number of sulfonamides is 1. The van der Waals surface area contributed by atoms with Crippen molar-refractivity contribution >= 4 is 56.3 Å². The molecule has 3 N–H and O–H groups in total. The molecule has 0 saturated carbocycles. The predicted molar refractivity (Wildman–Crippen MR) is 118 cm³/mol. The number of rotatable bonds is 9. The topological polar surface area (TPSA) is 131 Å². The van der Waals surface area contributed by atoms with Crippen molar-refractivity contribution in [2.24, 2.45) is 10.8 Å². The molecule has 11 heteroatoms. The van der Waals surface area contributed by atoms with Crippen LogP contribution in [0.3, 0.4) is 0 Å². The number of hydrogen-bond acceptors (Lipinski definition) is 6. The number of nitrogens with zero attached hydrogens (tertiary/aromatic N) is 2. The summed E-state index contributed by atoms with van der Waals surface area (Å²) in [5, 5.41) is 3.83. The Kier molecular flexibility index (Phi) is 7.96. The van der Waals surface area contributed by atoms with E-state index in [0.717, 1.165) is 14.1 Å². The highest BCUT2D eigenvalue weighted by atomic mass is 127. The molecule has 0 fully saturated rings. The summed E-state index contributed by atoms with van der Waals surface area (Å²) in [6.45, 7) is -0.627. The minimum Gasteiger partial charge on any atom is -0.484 e. The van der Waals surface area contributed by atoms with Crippen molar-refractivity contribution in [3.8, 4) is 5.75 Å². The fraction of sp³-hybridized carbons (Fsp3) is 0.167. The summed E-state index contributed by atoms with van der Waals surface area (Å²) in [6, 6.07) is 13.3. The number of nitrogens with one attached hydrogen (secondary N) is 1. The van der Waals surface area contributed by atoms with Crippen LogP contribution in [-0.2, 0) is 19.6 Å². The smallest absolute Gasteiger partial charge is 0.260 e. The highest BCUT2D eigenvalue weighted by molar-refractivity contribution is 14.1. The molecule has 0 spiro atoms. The van der Waals surface area contributed by atoms with E-state index in [1.165, 1.54) is 6.21 Å². The van der Waals surface area contributed by atoms with Gasteiger partial charge in [-0.1, -0.05) is 0 Å². The Bertz CT molecular complexity index is 992. The van der Waals surface area contributed by atoms with Crippen LogP contribution in [0, 0.1) is 3.57 Å². The Morgan fingerprint density at radius 2 is 1.79 bits per heavy atom. The lowest BCUT2D eigenvalue weighted by molar-refractivity contribution is -0.120. The summed E-state index contributed by atoms with van der Waals surface area (Å²) in [5.41, 5.74) is 8.35. The molecule has 2 amide bonds. The van der Waals surface area contributed by atoms with E-state index in [1.807, 2.05) is 0 Å². The van der Waals surface area contributed by atoms with Gasteiger partial charge in [-0.15, -0.1) is 0 Å². The zero-order valence-corrected chi connectivity index (χ0v) is 18.4. The molecule has 9 nitrogen and oxygen atoms in total. The lowest BCUT2D eigenvalue weighted by Crippen LogP contribution is -2.39. The molecule has 0 atom stereocenters. The van der Waals surface area contributed by atoms with E-state index in [4.69, 9.17) is 10.5 Å². The van der Waals surface area contributed by atoms with E-state index in [1.54, 1.807) is 48.5 Å². The number of primary amides is 1. The molecule has 2 aromatic carbocycles. The Morgan fingerprint density at radius 3 is 2.34 bits per heavy atom. The van der Waals surface area contributed by atoms with Gasteiger partial charge in [0, 0.05) is 3.57 Å². The maximum atomic E-state index is 12.1. The van der Waals surface area contributed by atoms with Crippen molar-refractivity contribution in [2.75, 3.05) is 23.7 Å². The van der Waals surface area contributed by atoms with E-state index < -0.39 is 28.4 Å². The number of carbonyl (C=O) groups excluding carboxylic acids is 2. The number of benzene rings is 2. The van der Waals surface area contributed by atoms with E-state index in [9.17, 15) is 18.0 Å². The van der Waals surface area contributed by atoms with Gasteiger partial charge in [0.15, 0.2) is 6.61 Å². The summed E-state index contributed by atoms with van der Waals surface area (Å²) in [4.78, 5) is 22.8. The lowest BCUT2D eigenvalue weighted by atomic mass is 10.2. The average molecular weight is 530 g/mol. The van der Waals surface area contributed by atoms with Crippen LogP contribution in [0.1, 0.15) is 5.56 Å². The first-order valence-electron chi connectivity index (χ1n) is 8.21. The van der Waals surface area contributed by atoms with Crippen LogP contribution in [0.15, 0.2) is 53.6 Å². The first kappa shape index (κ1) is 22.6. The molecule has 0 aliphatic heterocycles. The average Bonchev–Trinajstić information content (AvgIpc) is 2.65. The Labute approximate surface area is 182 Å². The fourth-order valence-electron chi connectivity index (χ4n) is 2.16. The Morgan fingerprint density at radius 1 is 1.17 bits per heavy atom. The van der Waals surface area contributed by atoms with Gasteiger partial charge in [0.1, 0.15) is 12.3 Å². The number of amides is 2. The minimum atomic E-state index is -3.65. The molecular weight excluding hydrogens is 511 g/mol. The van der Waals surface area contributed by atoms with Crippen molar-refractivity contribution in [3.05, 3.63) is 57.7 Å². The molecule has 0 unspecified atom stereocenters. The Balaban J connectivity index is 1.96. The van der Waals surface area contributed by atoms with Gasteiger partial charge in [-0.25, -0.2) is 13.8 Å². The fourth-order valence-corrected chi connectivity index (χ4v) is 3.37. The molecule has 154 valence electrons. The molecule has 29 heavy (non-hydrogen) atoms. The number of ether oxygens (including phenoxy) is 1. The number of hydrogen-bond donors (Lipinski definition) is 2. The van der Waals surface area contributed by atoms with Crippen LogP contribution in [0.25, 0.3) is 0 Å². The van der Waals surface area contributed by atoms with Crippen LogP contribution in [-0.4, -0.2) is 45.9 Å². The van der Waals surface area contributed by atoms with Crippen LogP contribution in [0.2, 0.25) is 0 Å². The number of hydrazone groups is 1. The molecule has 2 rings (SSSR count). The quantitative estimate of drug-likeness (QED) is 0.285. The minimum absolute atomic E-state index is 0.221. The summed E-state index contributed by atoms with van der Waals surface area (Å²) in [6.07, 6.45) is 2.43. The molecule has 0 aromatic heterocycles. The second-order valence-corrected chi connectivity index (χ2v) is 9.02. The monoisotopic (exact) mass is 530 g/mol. The SMILES string of the molecule is CS(=O)(=O)N(CC(=O)N/N=C\c1ccc(OCC(N)=O)cc1)c1ccc(I)cc1. The molecule has 2 aromatic rings. The second-order valence-electron chi connectivity index (χ2n) is 5.86. The summed E-state index contributed by atoms with van der Waals surface area (Å²) in [7, 11) is -3.65. The van der Waals surface area contributed by atoms with Crippen LogP contribution < -0.4 is 20.2 Å². The first-order valence-corrected chi connectivity index (χ1v) is 11.1. The van der Waals surface area contributed by atoms with Crippen LogP contribution >= 0.6 is 22.6 Å². The van der Waals surface area contributed by atoms with E-state index in [0.29, 0.717) is 17.0 Å². The third-order valence-electron chi connectivity index (χ3n) is 3.47. The van der Waals surface area contributed by atoms with Crippen molar-refractivity contribution in [1.82, 2.24) is 5.43 Å². The molecule has 0 radical (unpaired) electrons. The largest absolute Gasteiger partial charge is 0.484 e. The van der Waals surface area contributed by atoms with Gasteiger partial charge in [-0.3, -0.25) is 13.9 Å². The summed E-state index contributed by atoms with van der Waals surface area (Å²) < 4.78 is 31.2. The number of anilines is 1. The predicted octanol–water partition coefficient (Wildman–Crippen LogP) is 1.07. The van der Waals surface area contributed by atoms with E-state index in [-0.39, 0.29) is 6.61 Å².